The zero-order chi connectivity index (χ0) is 36.9. The highest BCUT2D eigenvalue weighted by molar-refractivity contribution is 5.71. The number of nitrogens with one attached hydrogen (secondary N) is 1. The van der Waals surface area contributed by atoms with Gasteiger partial charge in [-0.3, -0.25) is 0 Å². The fourth-order valence-corrected chi connectivity index (χ4v) is 5.56. The Balaban J connectivity index is 1.31. The molecular weight excluding hydrogens is 703 g/mol. The molecule has 4 heterocycles. The van der Waals surface area contributed by atoms with Gasteiger partial charge in [-0.25, -0.2) is 29.7 Å². The average molecular weight is 731 g/mol. The normalized spacial score (nSPS) is 15.2. The lowest BCUT2D eigenvalue weighted by Crippen LogP contribution is -2.49. The molecule has 0 spiro atoms. The van der Waals surface area contributed by atoms with E-state index in [9.17, 15) is 44.3 Å². The third-order valence-electron chi connectivity index (χ3n) is 8.19. The molecule has 1 saturated carbocycles. The molecule has 1 amide bonds. The summed E-state index contributed by atoms with van der Waals surface area (Å²) in [7, 11) is 2.83. The molecular formula is C31H27F9N8O3. The van der Waals surface area contributed by atoms with E-state index in [-0.39, 0.29) is 54.3 Å². The molecule has 0 bridgehead atoms. The monoisotopic (exact) mass is 730 g/mol. The van der Waals surface area contributed by atoms with Crippen molar-refractivity contribution >= 4 is 11.9 Å². The number of amides is 1. The number of ether oxygens (including phenoxy) is 2. The van der Waals surface area contributed by atoms with Crippen molar-refractivity contribution in [3.8, 4) is 28.7 Å². The van der Waals surface area contributed by atoms with E-state index in [0.717, 1.165) is 19.0 Å². The lowest BCUT2D eigenvalue weighted by molar-refractivity contribution is -0.308. The Morgan fingerprint density at radius 3 is 2.25 bits per heavy atom. The van der Waals surface area contributed by atoms with Gasteiger partial charge in [0.25, 0.3) is 6.10 Å². The molecule has 1 aliphatic carbocycles. The van der Waals surface area contributed by atoms with E-state index in [4.69, 9.17) is 4.74 Å². The zero-order valence-electron chi connectivity index (χ0n) is 26.6. The van der Waals surface area contributed by atoms with Crippen molar-refractivity contribution in [1.82, 2.24) is 34.4 Å². The molecule has 0 saturated heterocycles. The van der Waals surface area contributed by atoms with E-state index < -0.39 is 43.0 Å². The van der Waals surface area contributed by atoms with Crippen LogP contribution in [0.5, 0.6) is 5.88 Å². The van der Waals surface area contributed by atoms with Crippen LogP contribution in [0.2, 0.25) is 0 Å². The summed E-state index contributed by atoms with van der Waals surface area (Å²) in [6.07, 6.45) is -18.7. The maximum absolute atomic E-state index is 13.2. The third-order valence-corrected chi connectivity index (χ3v) is 8.19. The molecule has 11 nitrogen and oxygen atoms in total. The number of halogens is 9. The Morgan fingerprint density at radius 1 is 0.980 bits per heavy atom. The second-order valence-corrected chi connectivity index (χ2v) is 11.9. The summed E-state index contributed by atoms with van der Waals surface area (Å²) in [5, 5.41) is 3.10. The second-order valence-electron chi connectivity index (χ2n) is 11.9. The minimum Gasteiger partial charge on any atom is -0.480 e. The Kier molecular flexibility index (Phi) is 9.21. The van der Waals surface area contributed by atoms with Crippen LogP contribution in [0, 0.1) is 0 Å². The number of imidazole rings is 1. The fraction of sp³-hybridized carbons (Fsp3) is 0.419. The van der Waals surface area contributed by atoms with Crippen LogP contribution in [-0.4, -0.2) is 72.6 Å². The second kappa shape index (κ2) is 13.2. The molecule has 0 atom stereocenters. The lowest BCUT2D eigenvalue weighted by Gasteiger charge is -2.31. The third kappa shape index (κ3) is 7.63. The molecule has 2 aliphatic rings. The topological polar surface area (TPSA) is 120 Å². The van der Waals surface area contributed by atoms with E-state index in [1.54, 1.807) is 24.3 Å². The summed E-state index contributed by atoms with van der Waals surface area (Å²) in [5.41, 5.74) is 1.57. The summed E-state index contributed by atoms with van der Waals surface area (Å²) in [4.78, 5) is 34.9. The van der Waals surface area contributed by atoms with Crippen LogP contribution in [0.3, 0.4) is 0 Å². The molecule has 3 aromatic heterocycles. The fourth-order valence-electron chi connectivity index (χ4n) is 5.56. The van der Waals surface area contributed by atoms with E-state index in [2.05, 4.69) is 35.0 Å². The van der Waals surface area contributed by atoms with E-state index >= 15 is 0 Å². The number of alkyl halides is 9. The SMILES string of the molecule is COc1ncnc(C2CC2)c1-c1nc2c(c(NCc3ccc(-c4nc(C(F)(F)F)cn4C)cc3)n1)CN(C(=O)OC(C(F)(F)F)C(F)(F)F)CC2. The number of nitrogens with zero attached hydrogens (tertiary/aromatic N) is 7. The first kappa shape index (κ1) is 35.6. The van der Waals surface area contributed by atoms with E-state index in [1.807, 2.05) is 0 Å². The highest BCUT2D eigenvalue weighted by Crippen LogP contribution is 2.45. The first-order chi connectivity index (χ1) is 23.9. The van der Waals surface area contributed by atoms with Crippen LogP contribution in [0.4, 0.5) is 50.1 Å². The smallest absolute Gasteiger partial charge is 0.434 e. The van der Waals surface area contributed by atoms with Gasteiger partial charge in [-0.1, -0.05) is 24.3 Å². The zero-order valence-corrected chi connectivity index (χ0v) is 26.6. The number of aromatic nitrogens is 6. The molecule has 4 aromatic rings. The molecule has 6 rings (SSSR count). The van der Waals surface area contributed by atoms with Crippen LogP contribution in [0.1, 0.15) is 47.0 Å². The van der Waals surface area contributed by atoms with Gasteiger partial charge in [-0.2, -0.15) is 39.5 Å². The van der Waals surface area contributed by atoms with Crippen molar-refractivity contribution < 1.29 is 53.8 Å². The van der Waals surface area contributed by atoms with E-state index in [0.29, 0.717) is 33.0 Å². The Bertz CT molecular complexity index is 1910. The van der Waals surface area contributed by atoms with Crippen molar-refractivity contribution in [2.45, 2.75) is 62.9 Å². The minimum atomic E-state index is -5.89. The van der Waals surface area contributed by atoms with Gasteiger partial charge < -0.3 is 24.3 Å². The summed E-state index contributed by atoms with van der Waals surface area (Å²) in [5.74, 6) is 0.602. The van der Waals surface area contributed by atoms with Gasteiger partial charge in [0.2, 0.25) is 5.88 Å². The number of aryl methyl sites for hydroxylation is 1. The number of carbonyl (C=O) groups excluding carboxylic acids is 1. The summed E-state index contributed by atoms with van der Waals surface area (Å²) >= 11 is 0. The van der Waals surface area contributed by atoms with Gasteiger partial charge in [0, 0.05) is 49.8 Å². The molecule has 1 N–H and O–H groups in total. The van der Waals surface area contributed by atoms with Crippen molar-refractivity contribution in [3.63, 3.8) is 0 Å². The first-order valence-electron chi connectivity index (χ1n) is 15.3. The maximum Gasteiger partial charge on any atom is 0.434 e. The van der Waals surface area contributed by atoms with Crippen molar-refractivity contribution in [2.24, 2.45) is 7.05 Å². The summed E-state index contributed by atoms with van der Waals surface area (Å²) < 4.78 is 129. The molecule has 51 heavy (non-hydrogen) atoms. The molecule has 1 aromatic carbocycles. The molecule has 1 fully saturated rings. The average Bonchev–Trinajstić information content (AvgIpc) is 3.84. The standard InChI is InChI=1S/C31H27F9N8O3/c1-47-13-20(29(32,33)34)45-25(47)17-5-3-15(4-6-17)11-41-23-18-12-48(28(49)51-27(30(35,36)37)31(38,39)40)10-9-19(18)44-24(46-23)21-22(16-7-8-16)42-14-43-26(21)50-2/h3-6,13-14,16,27H,7-12H2,1-2H3,(H,41,44,46). The van der Waals surface area contributed by atoms with Crippen molar-refractivity contribution in [3.05, 3.63) is 65.0 Å². The highest BCUT2D eigenvalue weighted by atomic mass is 19.4. The minimum absolute atomic E-state index is 0.0457. The molecule has 0 radical (unpaired) electrons. The number of benzene rings is 1. The predicted octanol–water partition coefficient (Wildman–Crippen LogP) is 6.84. The van der Waals surface area contributed by atoms with E-state index in [1.165, 1.54) is 25.1 Å². The molecule has 20 heteroatoms. The summed E-state index contributed by atoms with van der Waals surface area (Å²) in [6.45, 7) is -0.756. The number of rotatable bonds is 8. The molecule has 0 unspecified atom stereocenters. The van der Waals surface area contributed by atoms with Crippen molar-refractivity contribution in [1.29, 1.82) is 0 Å². The number of methoxy groups -OCH3 is 1. The Hall–Kier alpha value is -5.17. The van der Waals surface area contributed by atoms with Crippen LogP contribution in [-0.2, 0) is 37.5 Å². The number of carbonyl (C=O) groups is 1. The lowest BCUT2D eigenvalue weighted by atomic mass is 10.0. The first-order valence-corrected chi connectivity index (χ1v) is 15.3. The van der Waals surface area contributed by atoms with Crippen LogP contribution in [0.15, 0.2) is 36.8 Å². The maximum atomic E-state index is 13.2. The van der Waals surface area contributed by atoms with Gasteiger partial charge >= 0.3 is 24.6 Å². The number of anilines is 1. The molecule has 1 aliphatic heterocycles. The van der Waals surface area contributed by atoms with Crippen LogP contribution < -0.4 is 10.1 Å². The predicted molar refractivity (Wildman–Crippen MR) is 159 cm³/mol. The Labute approximate surface area is 282 Å². The number of hydrogen-bond donors (Lipinski definition) is 1. The van der Waals surface area contributed by atoms with Gasteiger partial charge in [0.15, 0.2) is 11.5 Å². The van der Waals surface area contributed by atoms with Crippen LogP contribution >= 0.6 is 0 Å². The van der Waals surface area contributed by atoms with Gasteiger partial charge in [0.05, 0.1) is 25.0 Å². The van der Waals surface area contributed by atoms with Crippen molar-refractivity contribution in [2.75, 3.05) is 19.0 Å². The number of hydrogen-bond acceptors (Lipinski definition) is 9. The quantitative estimate of drug-likeness (QED) is 0.195. The van der Waals surface area contributed by atoms with Gasteiger partial charge in [-0.05, 0) is 18.4 Å². The number of fused-ring (bicyclic) bond motifs is 1. The summed E-state index contributed by atoms with van der Waals surface area (Å²) in [6, 6.07) is 6.36. The van der Waals surface area contributed by atoms with Crippen LogP contribution in [0.25, 0.3) is 22.8 Å². The largest absolute Gasteiger partial charge is 0.480 e. The van der Waals surface area contributed by atoms with Gasteiger partial charge in [0.1, 0.15) is 23.5 Å². The highest BCUT2D eigenvalue weighted by Gasteiger charge is 2.60. The molecule has 272 valence electrons. The van der Waals surface area contributed by atoms with Gasteiger partial charge in [-0.15, -0.1) is 0 Å². The Morgan fingerprint density at radius 2 is 1.67 bits per heavy atom.